The van der Waals surface area contributed by atoms with Crippen molar-refractivity contribution in [2.45, 2.75) is 18.7 Å². The zero-order chi connectivity index (χ0) is 22.5. The Bertz CT molecular complexity index is 1160. The lowest BCUT2D eigenvalue weighted by atomic mass is 10.1. The quantitative estimate of drug-likeness (QED) is 0.383. The molecule has 2 aromatic carbocycles. The molecule has 10 heteroatoms. The molecule has 0 aliphatic heterocycles. The molecule has 2 N–H and O–H groups in total. The highest BCUT2D eigenvalue weighted by molar-refractivity contribution is 8.00. The summed E-state index contributed by atoms with van der Waals surface area (Å²) in [6.45, 7) is 2.68. The number of aromatic nitrogens is 1. The van der Waals surface area contributed by atoms with Gasteiger partial charge >= 0.3 is 0 Å². The number of amides is 2. The number of hydrogen-bond donors (Lipinski definition) is 2. The topological polar surface area (TPSA) is 88.2 Å². The Labute approximate surface area is 185 Å². The van der Waals surface area contributed by atoms with Crippen LogP contribution < -0.4 is 10.6 Å². The van der Waals surface area contributed by atoms with Crippen molar-refractivity contribution in [2.24, 2.45) is 0 Å². The van der Waals surface area contributed by atoms with E-state index in [0.29, 0.717) is 11.4 Å². The van der Waals surface area contributed by atoms with Crippen LogP contribution in [0.4, 0.5) is 19.6 Å². The average Bonchev–Trinajstić information content (AvgIpc) is 3.14. The summed E-state index contributed by atoms with van der Waals surface area (Å²) >= 11 is 2.12. The average molecular weight is 462 g/mol. The van der Waals surface area contributed by atoms with Crippen LogP contribution in [0.5, 0.6) is 0 Å². The lowest BCUT2D eigenvalue weighted by molar-refractivity contribution is -0.114. The van der Waals surface area contributed by atoms with Crippen LogP contribution in [-0.2, 0) is 9.59 Å². The summed E-state index contributed by atoms with van der Waals surface area (Å²) in [5.74, 6) is -2.14. The maximum absolute atomic E-state index is 14.3. The third-order valence-electron chi connectivity index (χ3n) is 4.01. The van der Waals surface area contributed by atoms with E-state index in [1.807, 2.05) is 0 Å². The largest absolute Gasteiger partial charge is 0.326 e. The highest BCUT2D eigenvalue weighted by Gasteiger charge is 2.14. The maximum Gasteiger partial charge on any atom is 0.236 e. The normalized spacial score (nSPS) is 10.6. The molecule has 0 saturated carbocycles. The molecule has 0 bridgehead atoms. The van der Waals surface area contributed by atoms with Crippen molar-refractivity contribution in [3.63, 3.8) is 0 Å². The molecule has 160 valence electrons. The smallest absolute Gasteiger partial charge is 0.236 e. The predicted molar refractivity (Wildman–Crippen MR) is 118 cm³/mol. The molecule has 2 amide bonds. The van der Waals surface area contributed by atoms with Crippen LogP contribution in [-0.4, -0.2) is 28.3 Å². The monoisotopic (exact) mass is 461 g/mol. The van der Waals surface area contributed by atoms with Gasteiger partial charge in [-0.3, -0.25) is 14.4 Å². The third kappa shape index (κ3) is 5.96. The fourth-order valence-corrected chi connectivity index (χ4v) is 4.04. The molecule has 0 fully saturated rings. The van der Waals surface area contributed by atoms with Gasteiger partial charge in [0.05, 0.1) is 11.4 Å². The Morgan fingerprint density at radius 2 is 1.81 bits per heavy atom. The molecule has 0 atom stereocenters. The van der Waals surface area contributed by atoms with E-state index < -0.39 is 17.5 Å². The molecule has 3 rings (SSSR count). The number of anilines is 2. The predicted octanol–water partition coefficient (Wildman–Crippen LogP) is 4.98. The molecular weight excluding hydrogens is 444 g/mol. The van der Waals surface area contributed by atoms with E-state index in [2.05, 4.69) is 15.6 Å². The van der Waals surface area contributed by atoms with Crippen molar-refractivity contribution in [3.05, 3.63) is 59.0 Å². The summed E-state index contributed by atoms with van der Waals surface area (Å²) in [6, 6.07) is 8.34. The van der Waals surface area contributed by atoms with Crippen molar-refractivity contribution in [1.82, 2.24) is 4.98 Å². The zero-order valence-corrected chi connectivity index (χ0v) is 18.1. The molecule has 3 aromatic rings. The fraction of sp³-hybridized carbons (Fsp3) is 0.143. The van der Waals surface area contributed by atoms with Crippen LogP contribution in [0, 0.1) is 11.6 Å². The van der Waals surface area contributed by atoms with E-state index in [-0.39, 0.29) is 38.6 Å². The Morgan fingerprint density at radius 3 is 2.45 bits per heavy atom. The summed E-state index contributed by atoms with van der Waals surface area (Å²) in [5.41, 5.74) is 1.16. The number of Topliss-reactive ketones (excluding diaryl/α,β-unsaturated/α-hetero) is 1. The van der Waals surface area contributed by atoms with Gasteiger partial charge in [-0.2, -0.15) is 0 Å². The van der Waals surface area contributed by atoms with Gasteiger partial charge in [0.25, 0.3) is 0 Å². The van der Waals surface area contributed by atoms with Gasteiger partial charge in [0.1, 0.15) is 11.6 Å². The Morgan fingerprint density at radius 1 is 1.03 bits per heavy atom. The number of ketones is 1. The molecule has 1 aromatic heterocycles. The Hall–Kier alpha value is -3.11. The number of rotatable bonds is 7. The maximum atomic E-state index is 14.3. The number of nitrogens with zero attached hydrogens (tertiary/aromatic N) is 1. The lowest BCUT2D eigenvalue weighted by Crippen LogP contribution is -2.14. The van der Waals surface area contributed by atoms with Gasteiger partial charge in [0, 0.05) is 34.0 Å². The fourth-order valence-electron chi connectivity index (χ4n) is 2.59. The van der Waals surface area contributed by atoms with Crippen LogP contribution in [0.25, 0.3) is 11.3 Å². The van der Waals surface area contributed by atoms with Gasteiger partial charge in [-0.05, 0) is 37.3 Å². The highest BCUT2D eigenvalue weighted by Crippen LogP contribution is 2.29. The molecule has 0 aliphatic carbocycles. The van der Waals surface area contributed by atoms with Crippen molar-refractivity contribution < 1.29 is 23.2 Å². The second-order valence-electron chi connectivity index (χ2n) is 6.45. The standard InChI is InChI=1S/C21H17F2N3O3S2/c1-11(27)13-3-6-19(17(23)7-13)30-10-20(29)26-21-25-18(9-31-21)15-5-4-14(8-16(15)22)24-12(2)28/h3-9H,10H2,1-2H3,(H,24,28)(H,25,26,29). The number of hydrogen-bond acceptors (Lipinski definition) is 6. The van der Waals surface area contributed by atoms with E-state index in [0.717, 1.165) is 29.2 Å². The molecule has 1 heterocycles. The van der Waals surface area contributed by atoms with Gasteiger partial charge in [0.2, 0.25) is 11.8 Å². The summed E-state index contributed by atoms with van der Waals surface area (Å²) in [6.07, 6.45) is 0. The van der Waals surface area contributed by atoms with Crippen molar-refractivity contribution in [2.75, 3.05) is 16.4 Å². The highest BCUT2D eigenvalue weighted by atomic mass is 32.2. The summed E-state index contributed by atoms with van der Waals surface area (Å²) < 4.78 is 28.4. The first kappa shape index (κ1) is 22.6. The molecule has 6 nitrogen and oxygen atoms in total. The van der Waals surface area contributed by atoms with Crippen molar-refractivity contribution >= 4 is 51.5 Å². The van der Waals surface area contributed by atoms with E-state index >= 15 is 0 Å². The number of carbonyl (C=O) groups is 3. The van der Waals surface area contributed by atoms with E-state index in [1.54, 1.807) is 11.4 Å². The summed E-state index contributed by atoms with van der Waals surface area (Å²) in [7, 11) is 0. The number of benzene rings is 2. The van der Waals surface area contributed by atoms with E-state index in [4.69, 9.17) is 0 Å². The molecular formula is C21H17F2N3O3S2. The first-order valence-corrected chi connectivity index (χ1v) is 10.9. The van der Waals surface area contributed by atoms with Gasteiger partial charge in [-0.15, -0.1) is 23.1 Å². The Balaban J connectivity index is 1.61. The molecule has 0 radical (unpaired) electrons. The van der Waals surface area contributed by atoms with Crippen LogP contribution in [0.15, 0.2) is 46.7 Å². The van der Waals surface area contributed by atoms with E-state index in [9.17, 15) is 23.2 Å². The number of thiazole rings is 1. The molecule has 0 spiro atoms. The van der Waals surface area contributed by atoms with Crippen LogP contribution in [0.1, 0.15) is 24.2 Å². The number of thioether (sulfide) groups is 1. The minimum atomic E-state index is -0.569. The minimum absolute atomic E-state index is 0.0645. The van der Waals surface area contributed by atoms with Crippen LogP contribution in [0.3, 0.4) is 0 Å². The number of carbonyl (C=O) groups excluding carboxylic acids is 3. The number of halogens is 2. The van der Waals surface area contributed by atoms with Crippen molar-refractivity contribution in [1.29, 1.82) is 0 Å². The van der Waals surface area contributed by atoms with Crippen molar-refractivity contribution in [3.8, 4) is 11.3 Å². The second kappa shape index (κ2) is 9.80. The van der Waals surface area contributed by atoms with Gasteiger partial charge in [-0.25, -0.2) is 13.8 Å². The number of nitrogens with one attached hydrogen (secondary N) is 2. The van der Waals surface area contributed by atoms with Gasteiger partial charge in [-0.1, -0.05) is 6.07 Å². The zero-order valence-electron chi connectivity index (χ0n) is 16.5. The minimum Gasteiger partial charge on any atom is -0.326 e. The third-order valence-corrected chi connectivity index (χ3v) is 5.82. The second-order valence-corrected chi connectivity index (χ2v) is 8.33. The van der Waals surface area contributed by atoms with Crippen LogP contribution in [0.2, 0.25) is 0 Å². The first-order valence-electron chi connectivity index (χ1n) is 8.99. The van der Waals surface area contributed by atoms with Gasteiger partial charge in [0.15, 0.2) is 10.9 Å². The SMILES string of the molecule is CC(=O)Nc1ccc(-c2csc(NC(=O)CSc3ccc(C(C)=O)cc3F)n2)c(F)c1. The molecule has 0 aliphatic rings. The lowest BCUT2D eigenvalue weighted by Gasteiger charge is -2.05. The first-order chi connectivity index (χ1) is 14.7. The summed E-state index contributed by atoms with van der Waals surface area (Å²) in [4.78, 5) is 39.0. The van der Waals surface area contributed by atoms with E-state index in [1.165, 1.54) is 38.1 Å². The van der Waals surface area contributed by atoms with Gasteiger partial charge < -0.3 is 10.6 Å². The Kier molecular flexibility index (Phi) is 7.13. The molecule has 0 saturated heterocycles. The summed E-state index contributed by atoms with van der Waals surface area (Å²) in [5, 5.41) is 6.97. The molecule has 31 heavy (non-hydrogen) atoms. The molecule has 0 unspecified atom stereocenters. The van der Waals surface area contributed by atoms with Crippen LogP contribution >= 0.6 is 23.1 Å².